The first-order valence-corrected chi connectivity index (χ1v) is 8.62. The molecule has 0 radical (unpaired) electrons. The van der Waals surface area contributed by atoms with Gasteiger partial charge in [-0.25, -0.2) is 13.6 Å². The van der Waals surface area contributed by atoms with Gasteiger partial charge in [0.05, 0.1) is 11.2 Å². The minimum Gasteiger partial charge on any atom is -0.323 e. The van der Waals surface area contributed by atoms with E-state index in [0.717, 1.165) is 32.2 Å². The molecule has 1 saturated heterocycles. The molecule has 7 heteroatoms. The fourth-order valence-corrected chi connectivity index (χ4v) is 3.51. The van der Waals surface area contributed by atoms with Gasteiger partial charge in [0.1, 0.15) is 4.90 Å². The Kier molecular flexibility index (Phi) is 4.65. The summed E-state index contributed by atoms with van der Waals surface area (Å²) in [6.07, 6.45) is 3.28. The van der Waals surface area contributed by atoms with Crippen molar-refractivity contribution in [2.24, 2.45) is 5.14 Å². The van der Waals surface area contributed by atoms with Gasteiger partial charge in [-0.3, -0.25) is 4.79 Å². The van der Waals surface area contributed by atoms with Gasteiger partial charge in [-0.2, -0.15) is 0 Å². The zero-order chi connectivity index (χ0) is 15.5. The third-order valence-electron chi connectivity index (χ3n) is 3.80. The summed E-state index contributed by atoms with van der Waals surface area (Å²) in [6.45, 7) is 2.82. The standard InChI is InChI=1S/C14H21N3O3S/c1-2-8-14(9-5-10-16-14)13(18)17-11-6-3-4-7-12(11)21(15,19)20/h3-4,6-7,16H,2,5,8-10H2,1H3,(H,17,18)(H2,15,19,20). The van der Waals surface area contributed by atoms with Crippen LogP contribution < -0.4 is 15.8 Å². The van der Waals surface area contributed by atoms with Crippen molar-refractivity contribution in [2.45, 2.75) is 43.0 Å². The van der Waals surface area contributed by atoms with Crippen LogP contribution in [0.4, 0.5) is 5.69 Å². The van der Waals surface area contributed by atoms with Gasteiger partial charge in [0.15, 0.2) is 0 Å². The fraction of sp³-hybridized carbons (Fsp3) is 0.500. The van der Waals surface area contributed by atoms with E-state index in [1.54, 1.807) is 18.2 Å². The first-order valence-electron chi connectivity index (χ1n) is 7.07. The summed E-state index contributed by atoms with van der Waals surface area (Å²) in [4.78, 5) is 12.5. The van der Waals surface area contributed by atoms with Gasteiger partial charge >= 0.3 is 0 Å². The quantitative estimate of drug-likeness (QED) is 0.760. The predicted octanol–water partition coefficient (Wildman–Crippen LogP) is 1.19. The second-order valence-electron chi connectivity index (χ2n) is 5.36. The molecule has 1 atom stereocenters. The fourth-order valence-electron chi connectivity index (χ4n) is 2.81. The molecule has 1 aromatic rings. The highest BCUT2D eigenvalue weighted by Crippen LogP contribution is 2.28. The van der Waals surface area contributed by atoms with Crippen molar-refractivity contribution < 1.29 is 13.2 Å². The topological polar surface area (TPSA) is 101 Å². The maximum absolute atomic E-state index is 12.6. The molecular formula is C14H21N3O3S. The molecule has 0 aromatic heterocycles. The Hall–Kier alpha value is -1.44. The van der Waals surface area contributed by atoms with Crippen molar-refractivity contribution in [2.75, 3.05) is 11.9 Å². The lowest BCUT2D eigenvalue weighted by Crippen LogP contribution is -2.50. The molecule has 1 fully saturated rings. The van der Waals surface area contributed by atoms with E-state index in [1.165, 1.54) is 6.07 Å². The van der Waals surface area contributed by atoms with Gasteiger partial charge < -0.3 is 10.6 Å². The molecule has 6 nitrogen and oxygen atoms in total. The van der Waals surface area contributed by atoms with Gasteiger partial charge in [-0.15, -0.1) is 0 Å². The highest BCUT2D eigenvalue weighted by Gasteiger charge is 2.40. The number of nitrogens with two attached hydrogens (primary N) is 1. The molecule has 0 saturated carbocycles. The van der Waals surface area contributed by atoms with E-state index in [0.29, 0.717) is 0 Å². The summed E-state index contributed by atoms with van der Waals surface area (Å²) in [5.74, 6) is -0.196. The monoisotopic (exact) mass is 311 g/mol. The Morgan fingerprint density at radius 3 is 2.71 bits per heavy atom. The van der Waals surface area contributed by atoms with Crippen LogP contribution in [0.25, 0.3) is 0 Å². The lowest BCUT2D eigenvalue weighted by molar-refractivity contribution is -0.122. The summed E-state index contributed by atoms with van der Waals surface area (Å²) in [6, 6.07) is 6.18. The van der Waals surface area contributed by atoms with E-state index >= 15 is 0 Å². The molecule has 1 amide bonds. The Morgan fingerprint density at radius 2 is 2.14 bits per heavy atom. The van der Waals surface area contributed by atoms with Gasteiger partial charge in [0.2, 0.25) is 15.9 Å². The molecule has 2 rings (SSSR count). The average molecular weight is 311 g/mol. The molecule has 1 aliphatic rings. The van der Waals surface area contributed by atoms with Crippen molar-refractivity contribution >= 4 is 21.6 Å². The Bertz CT molecular complexity index is 622. The summed E-state index contributed by atoms with van der Waals surface area (Å²) in [7, 11) is -3.87. The van der Waals surface area contributed by atoms with Crippen LogP contribution in [0.2, 0.25) is 0 Å². The molecule has 4 N–H and O–H groups in total. The molecule has 0 spiro atoms. The number of carbonyl (C=O) groups is 1. The number of rotatable bonds is 5. The molecule has 1 aliphatic heterocycles. The summed E-state index contributed by atoms with van der Waals surface area (Å²) in [5, 5.41) is 11.2. The number of primary sulfonamides is 1. The van der Waals surface area contributed by atoms with Crippen molar-refractivity contribution in [3.05, 3.63) is 24.3 Å². The van der Waals surface area contributed by atoms with Crippen molar-refractivity contribution in [1.82, 2.24) is 5.32 Å². The van der Waals surface area contributed by atoms with Gasteiger partial charge in [0.25, 0.3) is 0 Å². The third kappa shape index (κ3) is 3.42. The van der Waals surface area contributed by atoms with E-state index in [9.17, 15) is 13.2 Å². The molecule has 1 heterocycles. The van der Waals surface area contributed by atoms with Crippen LogP contribution in [0.5, 0.6) is 0 Å². The number of anilines is 1. The summed E-state index contributed by atoms with van der Waals surface area (Å²) < 4.78 is 23.1. The zero-order valence-electron chi connectivity index (χ0n) is 12.1. The molecule has 116 valence electrons. The number of amides is 1. The van der Waals surface area contributed by atoms with Crippen LogP contribution in [-0.4, -0.2) is 26.4 Å². The average Bonchev–Trinajstić information content (AvgIpc) is 2.88. The van der Waals surface area contributed by atoms with Gasteiger partial charge in [-0.1, -0.05) is 25.5 Å². The molecular weight excluding hydrogens is 290 g/mol. The molecule has 1 aromatic carbocycles. The van der Waals surface area contributed by atoms with Crippen LogP contribution >= 0.6 is 0 Å². The minimum atomic E-state index is -3.87. The highest BCUT2D eigenvalue weighted by molar-refractivity contribution is 7.89. The smallest absolute Gasteiger partial charge is 0.244 e. The van der Waals surface area contributed by atoms with Crippen LogP contribution in [0.1, 0.15) is 32.6 Å². The van der Waals surface area contributed by atoms with Crippen LogP contribution in [-0.2, 0) is 14.8 Å². The Labute approximate surface area is 125 Å². The normalized spacial score (nSPS) is 22.2. The van der Waals surface area contributed by atoms with Crippen molar-refractivity contribution in [3.63, 3.8) is 0 Å². The van der Waals surface area contributed by atoms with Crippen LogP contribution in [0.15, 0.2) is 29.2 Å². The predicted molar refractivity (Wildman–Crippen MR) is 81.3 cm³/mol. The second-order valence-corrected chi connectivity index (χ2v) is 6.89. The Morgan fingerprint density at radius 1 is 1.43 bits per heavy atom. The minimum absolute atomic E-state index is 0.0667. The number of para-hydroxylation sites is 1. The van der Waals surface area contributed by atoms with E-state index in [1.807, 2.05) is 6.92 Å². The number of hydrogen-bond donors (Lipinski definition) is 3. The van der Waals surface area contributed by atoms with E-state index in [4.69, 9.17) is 5.14 Å². The SMILES string of the molecule is CCCC1(C(=O)Nc2ccccc2S(N)(=O)=O)CCCN1. The largest absolute Gasteiger partial charge is 0.323 e. The van der Waals surface area contributed by atoms with E-state index < -0.39 is 15.6 Å². The maximum atomic E-state index is 12.6. The van der Waals surface area contributed by atoms with Gasteiger partial charge in [0, 0.05) is 0 Å². The number of sulfonamides is 1. The third-order valence-corrected chi connectivity index (χ3v) is 4.77. The second kappa shape index (κ2) is 6.13. The number of benzene rings is 1. The first kappa shape index (κ1) is 15.9. The Balaban J connectivity index is 2.28. The molecule has 0 bridgehead atoms. The first-order chi connectivity index (χ1) is 9.89. The zero-order valence-corrected chi connectivity index (χ0v) is 12.9. The molecule has 21 heavy (non-hydrogen) atoms. The summed E-state index contributed by atoms with van der Waals surface area (Å²) in [5.41, 5.74) is -0.380. The molecule has 1 unspecified atom stereocenters. The summed E-state index contributed by atoms with van der Waals surface area (Å²) >= 11 is 0. The lowest BCUT2D eigenvalue weighted by atomic mass is 9.91. The number of hydrogen-bond acceptors (Lipinski definition) is 4. The van der Waals surface area contributed by atoms with Crippen molar-refractivity contribution in [3.8, 4) is 0 Å². The number of carbonyl (C=O) groups excluding carboxylic acids is 1. The van der Waals surface area contributed by atoms with E-state index in [2.05, 4.69) is 10.6 Å². The lowest BCUT2D eigenvalue weighted by Gasteiger charge is -2.28. The maximum Gasteiger partial charge on any atom is 0.244 e. The van der Waals surface area contributed by atoms with Crippen LogP contribution in [0, 0.1) is 0 Å². The molecule has 0 aliphatic carbocycles. The van der Waals surface area contributed by atoms with Crippen molar-refractivity contribution in [1.29, 1.82) is 0 Å². The van der Waals surface area contributed by atoms with E-state index in [-0.39, 0.29) is 16.5 Å². The number of nitrogens with one attached hydrogen (secondary N) is 2. The van der Waals surface area contributed by atoms with Gasteiger partial charge in [-0.05, 0) is 37.9 Å². The van der Waals surface area contributed by atoms with Crippen LogP contribution in [0.3, 0.4) is 0 Å². The highest BCUT2D eigenvalue weighted by atomic mass is 32.2.